The molecule has 0 saturated carbocycles. The van der Waals surface area contributed by atoms with Gasteiger partial charge >= 0.3 is 5.97 Å². The van der Waals surface area contributed by atoms with E-state index in [-0.39, 0.29) is 11.3 Å². The molecular weight excluding hydrogens is 244 g/mol. The van der Waals surface area contributed by atoms with Gasteiger partial charge in [-0.25, -0.2) is 4.79 Å². The Balaban J connectivity index is 2.66. The lowest BCUT2D eigenvalue weighted by Crippen LogP contribution is -2.02. The molecule has 0 fully saturated rings. The minimum atomic E-state index is -1.04. The lowest BCUT2D eigenvalue weighted by Gasteiger charge is -2.11. The average molecular weight is 260 g/mol. The number of carbonyl (C=O) groups is 1. The molecule has 0 spiro atoms. The largest absolute Gasteiger partial charge is 0.496 e. The number of hydrogen-bond acceptors (Lipinski definition) is 3. The van der Waals surface area contributed by atoms with E-state index in [2.05, 4.69) is 4.98 Å². The van der Waals surface area contributed by atoms with Crippen molar-refractivity contribution in [3.63, 3.8) is 0 Å². The van der Waals surface area contributed by atoms with E-state index in [9.17, 15) is 9.90 Å². The summed E-state index contributed by atoms with van der Waals surface area (Å²) in [4.78, 5) is 14.2. The first-order valence-electron chi connectivity index (χ1n) is 5.81. The number of H-pyrrole nitrogens is 1. The van der Waals surface area contributed by atoms with Crippen molar-refractivity contribution in [3.8, 4) is 17.0 Å². The van der Waals surface area contributed by atoms with Gasteiger partial charge < -0.3 is 20.6 Å². The van der Waals surface area contributed by atoms with Gasteiger partial charge in [0.15, 0.2) is 0 Å². The summed E-state index contributed by atoms with van der Waals surface area (Å²) >= 11 is 0. The Morgan fingerprint density at radius 3 is 2.58 bits per heavy atom. The Labute approximate surface area is 111 Å². The van der Waals surface area contributed by atoms with Gasteiger partial charge in [0.05, 0.1) is 18.5 Å². The zero-order chi connectivity index (χ0) is 14.2. The maximum absolute atomic E-state index is 11.3. The first-order valence-corrected chi connectivity index (χ1v) is 5.81. The zero-order valence-electron chi connectivity index (χ0n) is 11.1. The number of nitrogens with one attached hydrogen (secondary N) is 1. The summed E-state index contributed by atoms with van der Waals surface area (Å²) in [5, 5.41) is 9.23. The zero-order valence-corrected chi connectivity index (χ0v) is 11.1. The van der Waals surface area contributed by atoms with Crippen LogP contribution in [-0.4, -0.2) is 23.2 Å². The molecule has 0 atom stereocenters. The topological polar surface area (TPSA) is 88.3 Å². The van der Waals surface area contributed by atoms with Gasteiger partial charge in [-0.1, -0.05) is 0 Å². The standard InChI is InChI=1S/C14H16N2O3/c1-7-5-11(19-3)8(2)4-9(7)13-12(14(17)18)10(15)6-16-13/h4-6,16H,15H2,1-3H3,(H,17,18). The maximum atomic E-state index is 11.3. The molecular formula is C14H16N2O3. The van der Waals surface area contributed by atoms with Crippen LogP contribution in [0.3, 0.4) is 0 Å². The predicted molar refractivity (Wildman–Crippen MR) is 73.6 cm³/mol. The number of ether oxygens (including phenoxy) is 1. The molecule has 19 heavy (non-hydrogen) atoms. The average Bonchev–Trinajstić information content (AvgIpc) is 2.73. The molecule has 0 aliphatic rings. The molecule has 0 amide bonds. The van der Waals surface area contributed by atoms with Gasteiger partial charge in [-0.15, -0.1) is 0 Å². The van der Waals surface area contributed by atoms with Crippen LogP contribution in [0.25, 0.3) is 11.3 Å². The van der Waals surface area contributed by atoms with Gasteiger partial charge in [-0.3, -0.25) is 0 Å². The number of anilines is 1. The van der Waals surface area contributed by atoms with Crippen LogP contribution in [0.2, 0.25) is 0 Å². The van der Waals surface area contributed by atoms with E-state index < -0.39 is 5.97 Å². The third-order valence-electron chi connectivity index (χ3n) is 3.14. The first-order chi connectivity index (χ1) is 8.95. The lowest BCUT2D eigenvalue weighted by molar-refractivity contribution is 0.0699. The van der Waals surface area contributed by atoms with Gasteiger partial charge in [-0.2, -0.15) is 0 Å². The normalized spacial score (nSPS) is 10.5. The van der Waals surface area contributed by atoms with Crippen molar-refractivity contribution in [1.29, 1.82) is 0 Å². The van der Waals surface area contributed by atoms with E-state index in [1.54, 1.807) is 7.11 Å². The molecule has 1 aromatic carbocycles. The van der Waals surface area contributed by atoms with Crippen LogP contribution in [0, 0.1) is 13.8 Å². The summed E-state index contributed by atoms with van der Waals surface area (Å²) in [5.74, 6) is -0.265. The van der Waals surface area contributed by atoms with Crippen LogP contribution >= 0.6 is 0 Å². The number of aryl methyl sites for hydroxylation is 2. The molecule has 0 bridgehead atoms. The number of carboxylic acids is 1. The highest BCUT2D eigenvalue weighted by atomic mass is 16.5. The van der Waals surface area contributed by atoms with Crippen LogP contribution in [0.1, 0.15) is 21.5 Å². The van der Waals surface area contributed by atoms with Crippen molar-refractivity contribution < 1.29 is 14.6 Å². The van der Waals surface area contributed by atoms with Gasteiger partial charge in [0.25, 0.3) is 0 Å². The molecule has 100 valence electrons. The number of aromatic amines is 1. The van der Waals surface area contributed by atoms with E-state index in [0.29, 0.717) is 5.69 Å². The fourth-order valence-corrected chi connectivity index (χ4v) is 2.16. The third-order valence-corrected chi connectivity index (χ3v) is 3.14. The number of nitrogen functional groups attached to an aromatic ring is 1. The van der Waals surface area contributed by atoms with E-state index in [1.165, 1.54) is 6.20 Å². The van der Waals surface area contributed by atoms with Crippen molar-refractivity contribution in [3.05, 3.63) is 35.0 Å². The van der Waals surface area contributed by atoms with E-state index in [4.69, 9.17) is 10.5 Å². The smallest absolute Gasteiger partial charge is 0.340 e. The van der Waals surface area contributed by atoms with Crippen molar-refractivity contribution >= 4 is 11.7 Å². The second-order valence-corrected chi connectivity index (χ2v) is 4.44. The van der Waals surface area contributed by atoms with Gasteiger partial charge in [0, 0.05) is 11.8 Å². The second kappa shape index (κ2) is 4.68. The van der Waals surface area contributed by atoms with Crippen LogP contribution in [0.15, 0.2) is 18.3 Å². The summed E-state index contributed by atoms with van der Waals surface area (Å²) < 4.78 is 5.25. The van der Waals surface area contributed by atoms with E-state index in [0.717, 1.165) is 22.4 Å². The number of methoxy groups -OCH3 is 1. The van der Waals surface area contributed by atoms with Crippen molar-refractivity contribution in [1.82, 2.24) is 4.98 Å². The summed E-state index contributed by atoms with van der Waals surface area (Å²) in [6, 6.07) is 3.78. The monoisotopic (exact) mass is 260 g/mol. The third kappa shape index (κ3) is 2.14. The molecule has 1 aromatic heterocycles. The Morgan fingerprint density at radius 1 is 1.32 bits per heavy atom. The molecule has 1 heterocycles. The van der Waals surface area contributed by atoms with Gasteiger partial charge in [0.2, 0.25) is 0 Å². The fourth-order valence-electron chi connectivity index (χ4n) is 2.16. The summed E-state index contributed by atoms with van der Waals surface area (Å²) in [6.45, 7) is 3.81. The quantitative estimate of drug-likeness (QED) is 0.791. The number of rotatable bonds is 3. The molecule has 0 aliphatic carbocycles. The van der Waals surface area contributed by atoms with Crippen LogP contribution in [-0.2, 0) is 0 Å². The lowest BCUT2D eigenvalue weighted by atomic mass is 9.99. The molecule has 0 unspecified atom stereocenters. The summed E-state index contributed by atoms with van der Waals surface area (Å²) in [5.41, 5.74) is 9.22. The fraction of sp³-hybridized carbons (Fsp3) is 0.214. The minimum Gasteiger partial charge on any atom is -0.496 e. The van der Waals surface area contributed by atoms with Crippen molar-refractivity contribution in [2.45, 2.75) is 13.8 Å². The van der Waals surface area contributed by atoms with E-state index >= 15 is 0 Å². The maximum Gasteiger partial charge on any atom is 0.340 e. The Kier molecular flexibility index (Phi) is 3.21. The highest BCUT2D eigenvalue weighted by Gasteiger charge is 2.19. The molecule has 0 aliphatic heterocycles. The number of aromatic carboxylic acids is 1. The van der Waals surface area contributed by atoms with Crippen molar-refractivity contribution in [2.75, 3.05) is 12.8 Å². The molecule has 4 N–H and O–H groups in total. The first kappa shape index (κ1) is 13.0. The van der Waals surface area contributed by atoms with Crippen LogP contribution in [0.4, 0.5) is 5.69 Å². The SMILES string of the molecule is COc1cc(C)c(-c2[nH]cc(N)c2C(=O)O)cc1C. The number of carboxylic acid groups (broad SMARTS) is 1. The molecule has 0 saturated heterocycles. The minimum absolute atomic E-state index is 0.104. The summed E-state index contributed by atoms with van der Waals surface area (Å²) in [6.07, 6.45) is 1.50. The Bertz CT molecular complexity index is 644. The molecule has 0 radical (unpaired) electrons. The summed E-state index contributed by atoms with van der Waals surface area (Å²) in [7, 11) is 1.61. The number of aromatic nitrogens is 1. The predicted octanol–water partition coefficient (Wildman–Crippen LogP) is 2.59. The Hall–Kier alpha value is -2.43. The Morgan fingerprint density at radius 2 is 2.00 bits per heavy atom. The number of benzene rings is 1. The van der Waals surface area contributed by atoms with Crippen LogP contribution < -0.4 is 10.5 Å². The second-order valence-electron chi connectivity index (χ2n) is 4.44. The molecule has 2 rings (SSSR count). The van der Waals surface area contributed by atoms with Gasteiger partial charge in [0.1, 0.15) is 11.3 Å². The van der Waals surface area contributed by atoms with E-state index in [1.807, 2.05) is 26.0 Å². The molecule has 5 heteroatoms. The highest BCUT2D eigenvalue weighted by Crippen LogP contribution is 2.33. The van der Waals surface area contributed by atoms with Crippen LogP contribution in [0.5, 0.6) is 5.75 Å². The van der Waals surface area contributed by atoms with Gasteiger partial charge in [-0.05, 0) is 37.1 Å². The number of nitrogens with two attached hydrogens (primary N) is 1. The van der Waals surface area contributed by atoms with Crippen molar-refractivity contribution in [2.24, 2.45) is 0 Å². The highest BCUT2D eigenvalue weighted by molar-refractivity contribution is 6.01. The number of hydrogen-bond donors (Lipinski definition) is 3. The molecule has 2 aromatic rings. The molecule has 5 nitrogen and oxygen atoms in total.